The Morgan fingerprint density at radius 1 is 1.24 bits per heavy atom. The van der Waals surface area contributed by atoms with Crippen LogP contribution in [0.4, 0.5) is 14.5 Å². The Kier molecular flexibility index (Phi) is 6.36. The van der Waals surface area contributed by atoms with E-state index in [2.05, 4.69) is 10.1 Å². The summed E-state index contributed by atoms with van der Waals surface area (Å²) < 4.78 is 33.6. The Hall–Kier alpha value is -2.60. The third-order valence-electron chi connectivity index (χ3n) is 3.27. The number of nitrogens with one attached hydrogen (secondary N) is 1. The number of benzene rings is 2. The molecule has 2 aromatic carbocycles. The van der Waals surface area contributed by atoms with E-state index in [9.17, 15) is 13.6 Å². The van der Waals surface area contributed by atoms with Gasteiger partial charge in [-0.1, -0.05) is 23.7 Å². The van der Waals surface area contributed by atoms with Crippen molar-refractivity contribution < 1.29 is 23.0 Å². The highest BCUT2D eigenvalue weighted by Crippen LogP contribution is 2.30. The number of hydrogen-bond acceptors (Lipinski definition) is 3. The van der Waals surface area contributed by atoms with Gasteiger partial charge in [-0.25, -0.2) is 0 Å². The van der Waals surface area contributed by atoms with E-state index in [0.29, 0.717) is 22.0 Å². The molecule has 0 saturated heterocycles. The summed E-state index contributed by atoms with van der Waals surface area (Å²) in [7, 11) is 1.48. The lowest BCUT2D eigenvalue weighted by Crippen LogP contribution is -2.09. The molecule has 2 aromatic rings. The number of ether oxygens (including phenoxy) is 2. The molecule has 0 bridgehead atoms. The van der Waals surface area contributed by atoms with Gasteiger partial charge in [0.15, 0.2) is 0 Å². The highest BCUT2D eigenvalue weighted by atomic mass is 35.5. The monoisotopic (exact) mass is 367 g/mol. The van der Waals surface area contributed by atoms with E-state index in [1.165, 1.54) is 25.3 Å². The number of aryl methyl sites for hydroxylation is 1. The maximum absolute atomic E-state index is 12.1. The van der Waals surface area contributed by atoms with Crippen molar-refractivity contribution in [2.75, 3.05) is 12.4 Å². The van der Waals surface area contributed by atoms with Crippen molar-refractivity contribution >= 4 is 29.3 Å². The first-order chi connectivity index (χ1) is 11.9. The fourth-order valence-electron chi connectivity index (χ4n) is 2.04. The zero-order valence-corrected chi connectivity index (χ0v) is 14.3. The molecule has 0 saturated carbocycles. The van der Waals surface area contributed by atoms with Crippen LogP contribution in [0.3, 0.4) is 0 Å². The fraction of sp³-hybridized carbons (Fsp3) is 0.167. The van der Waals surface area contributed by atoms with Gasteiger partial charge < -0.3 is 14.8 Å². The molecule has 0 aliphatic rings. The number of rotatable bonds is 6. The SMILES string of the molecule is COc1cc(Cl)c(C)cc1NC(=O)/C=C/c1ccc(OC(F)F)cc1. The lowest BCUT2D eigenvalue weighted by Gasteiger charge is -2.11. The Balaban J connectivity index is 2.05. The average molecular weight is 368 g/mol. The second-order valence-electron chi connectivity index (χ2n) is 5.07. The predicted molar refractivity (Wildman–Crippen MR) is 93.5 cm³/mol. The van der Waals surface area contributed by atoms with Gasteiger partial charge in [0, 0.05) is 17.2 Å². The van der Waals surface area contributed by atoms with Crippen LogP contribution in [0.2, 0.25) is 5.02 Å². The number of anilines is 1. The number of carbonyl (C=O) groups excluding carboxylic acids is 1. The van der Waals surface area contributed by atoms with Crippen molar-refractivity contribution in [2.24, 2.45) is 0 Å². The van der Waals surface area contributed by atoms with E-state index in [-0.39, 0.29) is 11.7 Å². The van der Waals surface area contributed by atoms with Gasteiger partial charge in [0.05, 0.1) is 12.8 Å². The molecule has 0 heterocycles. The summed E-state index contributed by atoms with van der Waals surface area (Å²) in [5.41, 5.74) is 1.96. The number of hydrogen-bond donors (Lipinski definition) is 1. The normalized spacial score (nSPS) is 11.0. The standard InChI is InChI=1S/C18H16ClF2NO3/c1-11-9-15(16(24-2)10-14(11)19)22-17(23)8-5-12-3-6-13(7-4-12)25-18(20)21/h3-10,18H,1-2H3,(H,22,23)/b8-5+. The predicted octanol–water partition coefficient (Wildman–Crippen LogP) is 4.91. The van der Waals surface area contributed by atoms with Crippen LogP contribution >= 0.6 is 11.6 Å². The smallest absolute Gasteiger partial charge is 0.387 e. The minimum absolute atomic E-state index is 0.0537. The van der Waals surface area contributed by atoms with Gasteiger partial charge in [0.2, 0.25) is 5.91 Å². The number of halogens is 3. The van der Waals surface area contributed by atoms with Crippen LogP contribution in [0.15, 0.2) is 42.5 Å². The quantitative estimate of drug-likeness (QED) is 0.738. The van der Waals surface area contributed by atoms with Gasteiger partial charge in [0.25, 0.3) is 0 Å². The van der Waals surface area contributed by atoms with Crippen molar-refractivity contribution in [3.05, 3.63) is 58.6 Å². The maximum Gasteiger partial charge on any atom is 0.387 e. The number of methoxy groups -OCH3 is 1. The summed E-state index contributed by atoms with van der Waals surface area (Å²) in [6.45, 7) is -1.05. The van der Waals surface area contributed by atoms with E-state index in [4.69, 9.17) is 16.3 Å². The Morgan fingerprint density at radius 3 is 2.52 bits per heavy atom. The number of alkyl halides is 2. The summed E-state index contributed by atoms with van der Waals surface area (Å²) in [5, 5.41) is 3.24. The van der Waals surface area contributed by atoms with Crippen LogP contribution in [0.1, 0.15) is 11.1 Å². The van der Waals surface area contributed by atoms with E-state index in [0.717, 1.165) is 5.56 Å². The summed E-state index contributed by atoms with van der Waals surface area (Å²) >= 11 is 6.02. The van der Waals surface area contributed by atoms with Gasteiger partial charge in [0.1, 0.15) is 11.5 Å². The van der Waals surface area contributed by atoms with E-state index < -0.39 is 6.61 Å². The van der Waals surface area contributed by atoms with Crippen molar-refractivity contribution in [3.8, 4) is 11.5 Å². The molecule has 0 fully saturated rings. The molecule has 0 aliphatic carbocycles. The van der Waals surface area contributed by atoms with Gasteiger partial charge in [-0.05, 0) is 42.3 Å². The third-order valence-corrected chi connectivity index (χ3v) is 3.68. The van der Waals surface area contributed by atoms with Crippen LogP contribution in [-0.4, -0.2) is 19.6 Å². The number of carbonyl (C=O) groups is 1. The topological polar surface area (TPSA) is 47.6 Å². The van der Waals surface area contributed by atoms with Crippen LogP contribution in [0.25, 0.3) is 6.08 Å². The van der Waals surface area contributed by atoms with E-state index in [1.54, 1.807) is 30.3 Å². The molecule has 2 rings (SSSR count). The minimum Gasteiger partial charge on any atom is -0.495 e. The van der Waals surface area contributed by atoms with Crippen molar-refractivity contribution in [1.82, 2.24) is 0 Å². The molecule has 0 radical (unpaired) electrons. The third kappa shape index (κ3) is 5.46. The first-order valence-corrected chi connectivity index (χ1v) is 7.65. The molecule has 25 heavy (non-hydrogen) atoms. The number of amides is 1. The highest BCUT2D eigenvalue weighted by Gasteiger charge is 2.09. The molecule has 132 valence electrons. The first-order valence-electron chi connectivity index (χ1n) is 7.27. The van der Waals surface area contributed by atoms with Crippen LogP contribution in [-0.2, 0) is 4.79 Å². The van der Waals surface area contributed by atoms with E-state index >= 15 is 0 Å². The lowest BCUT2D eigenvalue weighted by atomic mass is 10.2. The Bertz CT molecular complexity index is 777. The Morgan fingerprint density at radius 2 is 1.92 bits per heavy atom. The molecular formula is C18H16ClF2NO3. The zero-order valence-electron chi connectivity index (χ0n) is 13.6. The average Bonchev–Trinajstić information content (AvgIpc) is 2.57. The summed E-state index contributed by atoms with van der Waals surface area (Å²) in [6, 6.07) is 9.26. The summed E-state index contributed by atoms with van der Waals surface area (Å²) in [6.07, 6.45) is 2.88. The van der Waals surface area contributed by atoms with Gasteiger partial charge in [-0.2, -0.15) is 8.78 Å². The second-order valence-corrected chi connectivity index (χ2v) is 5.48. The molecule has 0 aromatic heterocycles. The van der Waals surface area contributed by atoms with Crippen molar-refractivity contribution in [3.63, 3.8) is 0 Å². The molecule has 7 heteroatoms. The van der Waals surface area contributed by atoms with Crippen molar-refractivity contribution in [1.29, 1.82) is 0 Å². The maximum atomic E-state index is 12.1. The van der Waals surface area contributed by atoms with E-state index in [1.807, 2.05) is 6.92 Å². The summed E-state index contributed by atoms with van der Waals surface area (Å²) in [4.78, 5) is 12.1. The largest absolute Gasteiger partial charge is 0.495 e. The van der Waals surface area contributed by atoms with Crippen LogP contribution in [0, 0.1) is 6.92 Å². The molecule has 4 nitrogen and oxygen atoms in total. The summed E-state index contributed by atoms with van der Waals surface area (Å²) in [5.74, 6) is 0.136. The molecule has 0 spiro atoms. The van der Waals surface area contributed by atoms with Crippen molar-refractivity contribution in [2.45, 2.75) is 13.5 Å². The molecular weight excluding hydrogens is 352 g/mol. The highest BCUT2D eigenvalue weighted by molar-refractivity contribution is 6.31. The van der Waals surface area contributed by atoms with Crippen LogP contribution in [0.5, 0.6) is 11.5 Å². The second kappa shape index (κ2) is 8.48. The lowest BCUT2D eigenvalue weighted by molar-refractivity contribution is -0.111. The Labute approximate surface area is 149 Å². The molecule has 0 unspecified atom stereocenters. The van der Waals surface area contributed by atoms with Gasteiger partial charge in [-0.3, -0.25) is 4.79 Å². The zero-order chi connectivity index (χ0) is 18.4. The van der Waals surface area contributed by atoms with Crippen LogP contribution < -0.4 is 14.8 Å². The molecule has 1 amide bonds. The van der Waals surface area contributed by atoms with Gasteiger partial charge >= 0.3 is 6.61 Å². The molecule has 0 atom stereocenters. The van der Waals surface area contributed by atoms with Gasteiger partial charge in [-0.15, -0.1) is 0 Å². The first kappa shape index (κ1) is 18.7. The minimum atomic E-state index is -2.87. The molecule has 1 N–H and O–H groups in total. The fourth-order valence-corrected chi connectivity index (χ4v) is 2.19. The molecule has 0 aliphatic heterocycles.